The van der Waals surface area contributed by atoms with E-state index in [9.17, 15) is 5.26 Å². The third-order valence-corrected chi connectivity index (χ3v) is 5.10. The van der Waals surface area contributed by atoms with Crippen LogP contribution in [0.2, 0.25) is 5.02 Å². The summed E-state index contributed by atoms with van der Waals surface area (Å²) in [6.07, 6.45) is 0. The van der Waals surface area contributed by atoms with Crippen LogP contribution in [0.3, 0.4) is 0 Å². The van der Waals surface area contributed by atoms with Gasteiger partial charge in [0.2, 0.25) is 5.06 Å². The highest BCUT2D eigenvalue weighted by Crippen LogP contribution is 2.38. The number of aromatic nitrogens is 1. The van der Waals surface area contributed by atoms with E-state index in [2.05, 4.69) is 10.4 Å². The molecular formula is C19H23ClN4OS. The predicted octanol–water partition coefficient (Wildman–Crippen LogP) is 5.34. The van der Waals surface area contributed by atoms with Crippen molar-refractivity contribution in [1.82, 2.24) is 9.27 Å². The highest BCUT2D eigenvalue weighted by Gasteiger charge is 2.26. The van der Waals surface area contributed by atoms with Crippen LogP contribution < -0.4 is 4.74 Å². The number of amidine groups is 1. The number of ether oxygens (including phenoxy) is 1. The number of nitriles is 1. The Labute approximate surface area is 163 Å². The van der Waals surface area contributed by atoms with Crippen molar-refractivity contribution in [2.45, 2.75) is 40.0 Å². The average Bonchev–Trinajstić information content (AvgIpc) is 2.99. The molecule has 0 atom stereocenters. The Kier molecular flexibility index (Phi) is 5.94. The zero-order chi connectivity index (χ0) is 19.6. The van der Waals surface area contributed by atoms with Gasteiger partial charge in [0.15, 0.2) is 0 Å². The van der Waals surface area contributed by atoms with Gasteiger partial charge in [-0.25, -0.2) is 0 Å². The van der Waals surface area contributed by atoms with Crippen molar-refractivity contribution in [2.24, 2.45) is 0 Å². The van der Waals surface area contributed by atoms with Crippen molar-refractivity contribution in [3.05, 3.63) is 39.5 Å². The largest absolute Gasteiger partial charge is 0.443 e. The standard InChI is InChI=1S/C19H23ClN4OS/c1-7-24(6)17(22)12-8-11(2)15(9-14(12)20)25-18-13(10-21)16(23-26-18)19(3,4)5/h8-9,22H,7H2,1-6H3. The Bertz CT molecular complexity index is 877. The Morgan fingerprint density at radius 2 is 2.08 bits per heavy atom. The first-order valence-corrected chi connectivity index (χ1v) is 9.43. The summed E-state index contributed by atoms with van der Waals surface area (Å²) in [4.78, 5) is 1.81. The molecule has 0 bridgehead atoms. The van der Waals surface area contributed by atoms with Gasteiger partial charge < -0.3 is 9.64 Å². The molecule has 1 aromatic heterocycles. The Morgan fingerprint density at radius 1 is 1.42 bits per heavy atom. The first-order valence-electron chi connectivity index (χ1n) is 8.28. The lowest BCUT2D eigenvalue weighted by Crippen LogP contribution is -2.26. The fraction of sp³-hybridized carbons (Fsp3) is 0.421. The fourth-order valence-corrected chi connectivity index (χ4v) is 3.52. The second-order valence-electron chi connectivity index (χ2n) is 7.12. The molecule has 0 radical (unpaired) electrons. The van der Waals surface area contributed by atoms with Crippen LogP contribution in [-0.4, -0.2) is 28.7 Å². The molecule has 0 amide bonds. The Balaban J connectivity index is 2.41. The van der Waals surface area contributed by atoms with Gasteiger partial charge in [-0.05, 0) is 25.5 Å². The lowest BCUT2D eigenvalue weighted by atomic mass is 9.90. The maximum Gasteiger partial charge on any atom is 0.218 e. The van der Waals surface area contributed by atoms with E-state index < -0.39 is 0 Å². The average molecular weight is 391 g/mol. The lowest BCUT2D eigenvalue weighted by Gasteiger charge is -2.20. The van der Waals surface area contributed by atoms with Crippen LogP contribution in [0, 0.1) is 23.7 Å². The molecular weight excluding hydrogens is 368 g/mol. The second kappa shape index (κ2) is 7.65. The van der Waals surface area contributed by atoms with Gasteiger partial charge in [0.1, 0.15) is 23.2 Å². The van der Waals surface area contributed by atoms with E-state index in [1.807, 2.05) is 52.6 Å². The minimum atomic E-state index is -0.237. The van der Waals surface area contributed by atoms with Gasteiger partial charge in [0, 0.05) is 42.2 Å². The Hall–Kier alpha value is -2.10. The van der Waals surface area contributed by atoms with E-state index in [-0.39, 0.29) is 5.41 Å². The molecule has 0 unspecified atom stereocenters. The number of aryl methyl sites for hydroxylation is 1. The first kappa shape index (κ1) is 20.2. The predicted molar refractivity (Wildman–Crippen MR) is 107 cm³/mol. The molecule has 5 nitrogen and oxygen atoms in total. The van der Waals surface area contributed by atoms with Crippen LogP contribution in [0.4, 0.5) is 0 Å². The molecule has 1 heterocycles. The van der Waals surface area contributed by atoms with Crippen LogP contribution in [0.25, 0.3) is 0 Å². The third kappa shape index (κ3) is 4.00. The van der Waals surface area contributed by atoms with Crippen molar-refractivity contribution in [3.8, 4) is 16.9 Å². The quantitative estimate of drug-likeness (QED) is 0.564. The molecule has 2 rings (SSSR count). The highest BCUT2D eigenvalue weighted by atomic mass is 35.5. The maximum absolute atomic E-state index is 9.54. The molecule has 0 aliphatic heterocycles. The molecule has 0 saturated carbocycles. The van der Waals surface area contributed by atoms with Crippen LogP contribution >= 0.6 is 23.1 Å². The van der Waals surface area contributed by atoms with Gasteiger partial charge in [-0.2, -0.15) is 9.64 Å². The van der Waals surface area contributed by atoms with Crippen molar-refractivity contribution < 1.29 is 4.74 Å². The second-order valence-corrected chi connectivity index (χ2v) is 8.26. The van der Waals surface area contributed by atoms with E-state index in [0.717, 1.165) is 11.3 Å². The summed E-state index contributed by atoms with van der Waals surface area (Å²) in [5, 5.41) is 18.7. The van der Waals surface area contributed by atoms with Gasteiger partial charge >= 0.3 is 0 Å². The Morgan fingerprint density at radius 3 is 2.62 bits per heavy atom. The van der Waals surface area contributed by atoms with Crippen LogP contribution in [0.5, 0.6) is 10.8 Å². The van der Waals surface area contributed by atoms with Gasteiger partial charge in [-0.1, -0.05) is 32.4 Å². The molecule has 2 aromatic rings. The summed E-state index contributed by atoms with van der Waals surface area (Å²) in [5.41, 5.74) is 2.45. The molecule has 1 N–H and O–H groups in total. The molecule has 0 saturated heterocycles. The maximum atomic E-state index is 9.54. The molecule has 138 valence electrons. The summed E-state index contributed by atoms with van der Waals surface area (Å²) in [7, 11) is 1.85. The molecule has 0 aliphatic rings. The molecule has 26 heavy (non-hydrogen) atoms. The number of nitrogens with zero attached hydrogens (tertiary/aromatic N) is 3. The van der Waals surface area contributed by atoms with E-state index in [4.69, 9.17) is 21.7 Å². The summed E-state index contributed by atoms with van der Waals surface area (Å²) < 4.78 is 10.4. The highest BCUT2D eigenvalue weighted by molar-refractivity contribution is 7.08. The van der Waals surface area contributed by atoms with Gasteiger partial charge in [0.25, 0.3) is 0 Å². The van der Waals surface area contributed by atoms with E-state index in [1.54, 1.807) is 6.07 Å². The number of hydrogen-bond acceptors (Lipinski definition) is 5. The number of nitrogens with one attached hydrogen (secondary N) is 1. The monoisotopic (exact) mass is 390 g/mol. The van der Waals surface area contributed by atoms with Crippen molar-refractivity contribution >= 4 is 29.0 Å². The smallest absolute Gasteiger partial charge is 0.218 e. The molecule has 7 heteroatoms. The van der Waals surface area contributed by atoms with Crippen LogP contribution in [0.1, 0.15) is 50.1 Å². The zero-order valence-corrected chi connectivity index (χ0v) is 17.5. The summed E-state index contributed by atoms with van der Waals surface area (Å²) in [6, 6.07) is 5.74. The van der Waals surface area contributed by atoms with Crippen molar-refractivity contribution in [1.29, 1.82) is 10.7 Å². The number of benzene rings is 1. The SMILES string of the molecule is CCN(C)C(=N)c1cc(C)c(Oc2snc(C(C)(C)C)c2C#N)cc1Cl. The summed E-state index contributed by atoms with van der Waals surface area (Å²) in [5.74, 6) is 0.920. The van der Waals surface area contributed by atoms with Gasteiger partial charge in [-0.3, -0.25) is 5.41 Å². The number of halogens is 1. The van der Waals surface area contributed by atoms with Gasteiger partial charge in [0.05, 0.1) is 10.7 Å². The van der Waals surface area contributed by atoms with E-state index in [1.165, 1.54) is 11.5 Å². The fourth-order valence-electron chi connectivity index (χ4n) is 2.37. The number of rotatable bonds is 4. The minimum Gasteiger partial charge on any atom is -0.443 e. The molecule has 0 aliphatic carbocycles. The third-order valence-electron chi connectivity index (χ3n) is 4.06. The topological polar surface area (TPSA) is 73.0 Å². The normalized spacial score (nSPS) is 11.2. The summed E-state index contributed by atoms with van der Waals surface area (Å²) in [6.45, 7) is 10.6. The zero-order valence-electron chi connectivity index (χ0n) is 15.9. The molecule has 1 aromatic carbocycles. The minimum absolute atomic E-state index is 0.237. The summed E-state index contributed by atoms with van der Waals surface area (Å²) >= 11 is 7.56. The van der Waals surface area contributed by atoms with Crippen LogP contribution in [0.15, 0.2) is 12.1 Å². The molecule has 0 spiro atoms. The lowest BCUT2D eigenvalue weighted by molar-refractivity contribution is 0.487. The van der Waals surface area contributed by atoms with Crippen molar-refractivity contribution in [2.75, 3.05) is 13.6 Å². The molecule has 0 fully saturated rings. The van der Waals surface area contributed by atoms with E-state index >= 15 is 0 Å². The first-order chi connectivity index (χ1) is 12.1. The van der Waals surface area contributed by atoms with Gasteiger partial charge in [-0.15, -0.1) is 0 Å². The van der Waals surface area contributed by atoms with Crippen molar-refractivity contribution in [3.63, 3.8) is 0 Å². The van der Waals surface area contributed by atoms with Crippen LogP contribution in [-0.2, 0) is 5.41 Å². The number of hydrogen-bond donors (Lipinski definition) is 1. The van der Waals surface area contributed by atoms with E-state index in [0.29, 0.717) is 39.3 Å².